The van der Waals surface area contributed by atoms with Gasteiger partial charge < -0.3 is 20.4 Å². The summed E-state index contributed by atoms with van der Waals surface area (Å²) in [6.07, 6.45) is 1.60. The average molecular weight is 407 g/mol. The molecule has 1 aliphatic heterocycles. The van der Waals surface area contributed by atoms with E-state index in [2.05, 4.69) is 20.9 Å². The van der Waals surface area contributed by atoms with Crippen molar-refractivity contribution >= 4 is 41.9 Å². The van der Waals surface area contributed by atoms with Crippen LogP contribution in [0.25, 0.3) is 0 Å². The van der Waals surface area contributed by atoms with Crippen LogP contribution in [0.2, 0.25) is 0 Å². The lowest BCUT2D eigenvalue weighted by atomic mass is 10.4. The first-order valence-corrected chi connectivity index (χ1v) is 6.26. The molecule has 116 valence electrons. The first-order chi connectivity index (χ1) is 9.70. The van der Waals surface area contributed by atoms with E-state index in [1.54, 1.807) is 13.3 Å². The Labute approximate surface area is 139 Å². The molecule has 3 amide bonds. The predicted octanol–water partition coefficient (Wildman–Crippen LogP) is 0.114. The third kappa shape index (κ3) is 4.92. The van der Waals surface area contributed by atoms with Crippen LogP contribution in [0.1, 0.15) is 5.76 Å². The standard InChI is InChI=1S/C12H17N5O3.HI/c1-13-11(15-7-9-3-2-6-20-9)14-4-5-17-10(18)8-16-12(17)19;/h2-3,6H,4-5,7-8H2,1H3,(H,16,19)(H2,13,14,15);1H. The first-order valence-electron chi connectivity index (χ1n) is 6.26. The highest BCUT2D eigenvalue weighted by molar-refractivity contribution is 14.0. The fourth-order valence-corrected chi connectivity index (χ4v) is 1.77. The summed E-state index contributed by atoms with van der Waals surface area (Å²) >= 11 is 0. The molecule has 9 heteroatoms. The Balaban J connectivity index is 0.00000220. The number of hydrogen-bond acceptors (Lipinski definition) is 4. The number of carbonyl (C=O) groups excluding carboxylic acids is 2. The Morgan fingerprint density at radius 3 is 2.86 bits per heavy atom. The van der Waals surface area contributed by atoms with Crippen LogP contribution in [-0.2, 0) is 11.3 Å². The Morgan fingerprint density at radius 1 is 1.48 bits per heavy atom. The minimum Gasteiger partial charge on any atom is -0.467 e. The van der Waals surface area contributed by atoms with Crippen LogP contribution in [0, 0.1) is 0 Å². The van der Waals surface area contributed by atoms with E-state index in [9.17, 15) is 9.59 Å². The van der Waals surface area contributed by atoms with Crippen molar-refractivity contribution < 1.29 is 14.0 Å². The zero-order valence-electron chi connectivity index (χ0n) is 11.6. The van der Waals surface area contributed by atoms with Gasteiger partial charge in [0.2, 0.25) is 5.91 Å². The molecule has 1 fully saturated rings. The molecule has 0 aliphatic carbocycles. The fourth-order valence-electron chi connectivity index (χ4n) is 1.77. The summed E-state index contributed by atoms with van der Waals surface area (Å²) in [4.78, 5) is 27.9. The molecule has 1 aromatic heterocycles. The van der Waals surface area contributed by atoms with Crippen LogP contribution in [0.15, 0.2) is 27.8 Å². The van der Waals surface area contributed by atoms with Gasteiger partial charge in [0.05, 0.1) is 19.4 Å². The molecule has 0 bridgehead atoms. The van der Waals surface area contributed by atoms with E-state index in [-0.39, 0.29) is 42.5 Å². The molecule has 3 N–H and O–H groups in total. The third-order valence-corrected chi connectivity index (χ3v) is 2.80. The van der Waals surface area contributed by atoms with Crippen molar-refractivity contribution in [1.29, 1.82) is 0 Å². The fraction of sp³-hybridized carbons (Fsp3) is 0.417. The molecule has 0 radical (unpaired) electrons. The molecule has 2 rings (SSSR count). The molecule has 1 saturated heterocycles. The van der Waals surface area contributed by atoms with Gasteiger partial charge in [-0.15, -0.1) is 24.0 Å². The molecular weight excluding hydrogens is 389 g/mol. The summed E-state index contributed by atoms with van der Waals surface area (Å²) in [5.74, 6) is 1.16. The molecule has 1 aromatic rings. The van der Waals surface area contributed by atoms with E-state index < -0.39 is 0 Å². The number of nitrogens with one attached hydrogen (secondary N) is 3. The van der Waals surface area contributed by atoms with Gasteiger partial charge in [-0.1, -0.05) is 0 Å². The van der Waals surface area contributed by atoms with Crippen molar-refractivity contribution in [2.75, 3.05) is 26.7 Å². The predicted molar refractivity (Wildman–Crippen MR) is 87.4 cm³/mol. The van der Waals surface area contributed by atoms with Crippen molar-refractivity contribution in [2.24, 2.45) is 4.99 Å². The van der Waals surface area contributed by atoms with Crippen LogP contribution in [0.3, 0.4) is 0 Å². The number of nitrogens with zero attached hydrogens (tertiary/aromatic N) is 2. The maximum atomic E-state index is 11.4. The summed E-state index contributed by atoms with van der Waals surface area (Å²) < 4.78 is 5.19. The number of aliphatic imine (C=N–C) groups is 1. The Kier molecular flexibility index (Phi) is 6.99. The van der Waals surface area contributed by atoms with Gasteiger partial charge in [0.1, 0.15) is 5.76 Å². The topological polar surface area (TPSA) is 99.0 Å². The van der Waals surface area contributed by atoms with Gasteiger partial charge in [-0.25, -0.2) is 4.79 Å². The average Bonchev–Trinajstić information content (AvgIpc) is 3.06. The molecule has 2 heterocycles. The molecule has 8 nitrogen and oxygen atoms in total. The minimum atomic E-state index is -0.352. The van der Waals surface area contributed by atoms with E-state index in [1.165, 1.54) is 4.90 Å². The van der Waals surface area contributed by atoms with Crippen molar-refractivity contribution in [1.82, 2.24) is 20.9 Å². The van der Waals surface area contributed by atoms with E-state index in [1.807, 2.05) is 12.1 Å². The normalized spacial score (nSPS) is 14.7. The highest BCUT2D eigenvalue weighted by Crippen LogP contribution is 1.98. The number of amides is 3. The number of carbonyl (C=O) groups is 2. The van der Waals surface area contributed by atoms with Crippen LogP contribution < -0.4 is 16.0 Å². The van der Waals surface area contributed by atoms with Gasteiger partial charge >= 0.3 is 6.03 Å². The van der Waals surface area contributed by atoms with E-state index in [0.717, 1.165) is 5.76 Å². The van der Waals surface area contributed by atoms with Gasteiger partial charge in [-0.2, -0.15) is 0 Å². The molecular formula is C12H18IN5O3. The van der Waals surface area contributed by atoms with Crippen molar-refractivity contribution in [3.05, 3.63) is 24.2 Å². The zero-order valence-corrected chi connectivity index (χ0v) is 13.9. The maximum absolute atomic E-state index is 11.4. The number of furan rings is 1. The molecule has 0 spiro atoms. The third-order valence-electron chi connectivity index (χ3n) is 2.80. The van der Waals surface area contributed by atoms with Crippen molar-refractivity contribution in [3.63, 3.8) is 0 Å². The molecule has 21 heavy (non-hydrogen) atoms. The van der Waals surface area contributed by atoms with Crippen LogP contribution in [0.4, 0.5) is 4.79 Å². The van der Waals surface area contributed by atoms with Gasteiger partial charge in [0.15, 0.2) is 5.96 Å². The summed E-state index contributed by atoms with van der Waals surface area (Å²) in [5.41, 5.74) is 0. The first kappa shape index (κ1) is 17.3. The lowest BCUT2D eigenvalue weighted by molar-refractivity contribution is -0.124. The molecule has 1 aliphatic rings. The van der Waals surface area contributed by atoms with Crippen molar-refractivity contribution in [3.8, 4) is 0 Å². The zero-order chi connectivity index (χ0) is 14.4. The summed E-state index contributed by atoms with van der Waals surface area (Å²) in [5, 5.41) is 8.55. The number of halogens is 1. The largest absolute Gasteiger partial charge is 0.467 e. The monoisotopic (exact) mass is 407 g/mol. The maximum Gasteiger partial charge on any atom is 0.324 e. The van der Waals surface area contributed by atoms with Gasteiger partial charge in [0.25, 0.3) is 0 Å². The van der Waals surface area contributed by atoms with Crippen LogP contribution in [-0.4, -0.2) is 49.5 Å². The molecule has 0 aromatic carbocycles. The molecule has 0 atom stereocenters. The minimum absolute atomic E-state index is 0. The summed E-state index contributed by atoms with van der Waals surface area (Å²) in [7, 11) is 1.64. The van der Waals surface area contributed by atoms with Gasteiger partial charge in [0, 0.05) is 20.1 Å². The quantitative estimate of drug-likeness (QED) is 0.279. The number of rotatable bonds is 5. The lowest BCUT2D eigenvalue weighted by Crippen LogP contribution is -2.42. The Morgan fingerprint density at radius 2 is 2.29 bits per heavy atom. The second-order valence-electron chi connectivity index (χ2n) is 4.14. The smallest absolute Gasteiger partial charge is 0.324 e. The number of urea groups is 1. The number of hydrogen-bond donors (Lipinski definition) is 3. The second-order valence-corrected chi connectivity index (χ2v) is 4.14. The summed E-state index contributed by atoms with van der Waals surface area (Å²) in [6, 6.07) is 3.31. The Hall–Kier alpha value is -1.78. The van der Waals surface area contributed by atoms with Crippen LogP contribution >= 0.6 is 24.0 Å². The Bertz CT molecular complexity index is 487. The van der Waals surface area contributed by atoms with Crippen LogP contribution in [0.5, 0.6) is 0 Å². The van der Waals surface area contributed by atoms with Crippen molar-refractivity contribution in [2.45, 2.75) is 6.54 Å². The SMILES string of the molecule is CN=C(NCCN1C(=O)CNC1=O)NCc1ccco1.I. The second kappa shape index (κ2) is 8.49. The van der Waals surface area contributed by atoms with Gasteiger partial charge in [-0.05, 0) is 12.1 Å². The van der Waals surface area contributed by atoms with E-state index in [4.69, 9.17) is 4.42 Å². The lowest BCUT2D eigenvalue weighted by Gasteiger charge is -2.15. The number of imide groups is 1. The number of guanidine groups is 1. The summed E-state index contributed by atoms with van der Waals surface area (Å²) in [6.45, 7) is 1.31. The molecule has 0 unspecified atom stereocenters. The van der Waals surface area contributed by atoms with E-state index >= 15 is 0 Å². The van der Waals surface area contributed by atoms with E-state index in [0.29, 0.717) is 25.6 Å². The molecule has 0 saturated carbocycles. The van der Waals surface area contributed by atoms with Gasteiger partial charge in [-0.3, -0.25) is 14.7 Å². The highest BCUT2D eigenvalue weighted by atomic mass is 127. The highest BCUT2D eigenvalue weighted by Gasteiger charge is 2.27.